The minimum absolute atomic E-state index is 0.0554. The molecule has 0 unspecified atom stereocenters. The zero-order chi connectivity index (χ0) is 19.7. The van der Waals surface area contributed by atoms with Crippen molar-refractivity contribution in [2.45, 2.75) is 6.18 Å². The van der Waals surface area contributed by atoms with Crippen LogP contribution in [0.5, 0.6) is 0 Å². The highest BCUT2D eigenvalue weighted by atomic mass is 32.1. The maximum atomic E-state index is 12.8. The molecule has 4 rings (SSSR count). The number of carbonyl (C=O) groups excluding carboxylic acids is 1. The first kappa shape index (κ1) is 18.2. The second-order valence-corrected chi connectivity index (χ2v) is 7.13. The van der Waals surface area contributed by atoms with Gasteiger partial charge in [0.2, 0.25) is 0 Å². The van der Waals surface area contributed by atoms with Crippen LogP contribution in [0.1, 0.15) is 15.9 Å². The van der Waals surface area contributed by atoms with E-state index in [0.29, 0.717) is 5.69 Å². The third-order valence-electron chi connectivity index (χ3n) is 4.11. The molecule has 1 amide bonds. The SMILES string of the molecule is O=C(Nc1cccc(-c2nc3ccccc3s2)c1)c1cccc(C(F)(F)F)c1. The number of halogens is 3. The number of rotatable bonds is 3. The van der Waals surface area contributed by atoms with Crippen molar-refractivity contribution in [2.75, 3.05) is 5.32 Å². The number of amides is 1. The molecule has 140 valence electrons. The number of benzene rings is 3. The summed E-state index contributed by atoms with van der Waals surface area (Å²) in [5.74, 6) is -0.604. The topological polar surface area (TPSA) is 42.0 Å². The molecule has 0 bridgehead atoms. The molecule has 3 nitrogen and oxygen atoms in total. The Balaban J connectivity index is 1.59. The predicted octanol–water partition coefficient (Wildman–Crippen LogP) is 6.23. The van der Waals surface area contributed by atoms with E-state index in [2.05, 4.69) is 10.3 Å². The van der Waals surface area contributed by atoms with Gasteiger partial charge >= 0.3 is 6.18 Å². The normalized spacial score (nSPS) is 11.5. The maximum absolute atomic E-state index is 12.8. The Kier molecular flexibility index (Phi) is 4.60. The van der Waals surface area contributed by atoms with E-state index in [-0.39, 0.29) is 5.56 Å². The van der Waals surface area contributed by atoms with Crippen LogP contribution in [0, 0.1) is 0 Å². The van der Waals surface area contributed by atoms with Crippen LogP contribution in [0.3, 0.4) is 0 Å². The number of carbonyl (C=O) groups is 1. The van der Waals surface area contributed by atoms with E-state index in [1.54, 1.807) is 18.2 Å². The first-order chi connectivity index (χ1) is 13.4. The van der Waals surface area contributed by atoms with Crippen molar-refractivity contribution in [3.05, 3.63) is 83.9 Å². The summed E-state index contributed by atoms with van der Waals surface area (Å²) < 4.78 is 39.6. The number of aromatic nitrogens is 1. The van der Waals surface area contributed by atoms with Gasteiger partial charge in [-0.1, -0.05) is 30.3 Å². The van der Waals surface area contributed by atoms with E-state index in [0.717, 1.165) is 32.9 Å². The molecule has 0 fully saturated rings. The molecule has 1 aromatic heterocycles. The minimum atomic E-state index is -4.50. The largest absolute Gasteiger partial charge is 0.416 e. The van der Waals surface area contributed by atoms with Gasteiger partial charge in [0.25, 0.3) is 5.91 Å². The standard InChI is InChI=1S/C21H13F3N2OS/c22-21(23,24)15-7-3-5-13(11-15)19(27)25-16-8-4-6-14(12-16)20-26-17-9-1-2-10-18(17)28-20/h1-12H,(H,25,27). The van der Waals surface area contributed by atoms with Crippen molar-refractivity contribution in [1.29, 1.82) is 0 Å². The van der Waals surface area contributed by atoms with Crippen molar-refractivity contribution in [3.8, 4) is 10.6 Å². The van der Waals surface area contributed by atoms with E-state index >= 15 is 0 Å². The van der Waals surface area contributed by atoms with Crippen molar-refractivity contribution >= 4 is 33.1 Å². The van der Waals surface area contributed by atoms with Gasteiger partial charge in [-0.3, -0.25) is 4.79 Å². The summed E-state index contributed by atoms with van der Waals surface area (Å²) >= 11 is 1.53. The highest BCUT2D eigenvalue weighted by Crippen LogP contribution is 2.32. The number of nitrogens with zero attached hydrogens (tertiary/aromatic N) is 1. The number of hydrogen-bond acceptors (Lipinski definition) is 3. The molecule has 0 saturated carbocycles. The lowest BCUT2D eigenvalue weighted by Gasteiger charge is -2.10. The van der Waals surface area contributed by atoms with Crippen molar-refractivity contribution in [3.63, 3.8) is 0 Å². The molecule has 0 aliphatic carbocycles. The molecule has 1 heterocycles. The Labute approximate surface area is 162 Å². The van der Waals surface area contributed by atoms with Crippen LogP contribution in [0.25, 0.3) is 20.8 Å². The van der Waals surface area contributed by atoms with E-state index in [1.165, 1.54) is 23.5 Å². The van der Waals surface area contributed by atoms with Crippen LogP contribution in [-0.4, -0.2) is 10.9 Å². The third kappa shape index (κ3) is 3.75. The molecular formula is C21H13F3N2OS. The fraction of sp³-hybridized carbons (Fsp3) is 0.0476. The average Bonchev–Trinajstić information content (AvgIpc) is 3.12. The van der Waals surface area contributed by atoms with Crippen LogP contribution in [0.15, 0.2) is 72.8 Å². The number of hydrogen-bond donors (Lipinski definition) is 1. The highest BCUT2D eigenvalue weighted by Gasteiger charge is 2.30. The Morgan fingerprint density at radius 1 is 0.929 bits per heavy atom. The fourth-order valence-corrected chi connectivity index (χ4v) is 3.73. The Hall–Kier alpha value is -3.19. The van der Waals surface area contributed by atoms with Gasteiger partial charge in [0, 0.05) is 16.8 Å². The lowest BCUT2D eigenvalue weighted by molar-refractivity contribution is -0.137. The van der Waals surface area contributed by atoms with E-state index in [9.17, 15) is 18.0 Å². The summed E-state index contributed by atoms with van der Waals surface area (Å²) in [6.45, 7) is 0. The first-order valence-corrected chi connectivity index (χ1v) is 9.16. The van der Waals surface area contributed by atoms with Gasteiger partial charge in [-0.05, 0) is 42.5 Å². The summed E-state index contributed by atoms with van der Waals surface area (Å²) in [7, 11) is 0. The molecule has 7 heteroatoms. The molecule has 28 heavy (non-hydrogen) atoms. The smallest absolute Gasteiger partial charge is 0.322 e. The molecule has 0 aliphatic rings. The molecule has 1 N–H and O–H groups in total. The Morgan fingerprint density at radius 3 is 2.50 bits per heavy atom. The second kappa shape index (κ2) is 7.09. The maximum Gasteiger partial charge on any atom is 0.416 e. The summed E-state index contributed by atoms with van der Waals surface area (Å²) in [6.07, 6.45) is -4.50. The zero-order valence-electron chi connectivity index (χ0n) is 14.3. The van der Waals surface area contributed by atoms with Crippen LogP contribution in [0.4, 0.5) is 18.9 Å². The van der Waals surface area contributed by atoms with Crippen LogP contribution in [-0.2, 0) is 6.18 Å². The van der Waals surface area contributed by atoms with Gasteiger partial charge < -0.3 is 5.32 Å². The van der Waals surface area contributed by atoms with Gasteiger partial charge in [-0.15, -0.1) is 11.3 Å². The summed E-state index contributed by atoms with van der Waals surface area (Å²) in [5, 5.41) is 3.45. The molecule has 0 spiro atoms. The van der Waals surface area contributed by atoms with Gasteiger partial charge in [-0.25, -0.2) is 4.98 Å². The fourth-order valence-electron chi connectivity index (χ4n) is 2.77. The van der Waals surface area contributed by atoms with Crippen LogP contribution in [0.2, 0.25) is 0 Å². The minimum Gasteiger partial charge on any atom is -0.322 e. The highest BCUT2D eigenvalue weighted by molar-refractivity contribution is 7.21. The number of alkyl halides is 3. The van der Waals surface area contributed by atoms with Crippen LogP contribution < -0.4 is 5.32 Å². The van der Waals surface area contributed by atoms with E-state index < -0.39 is 17.6 Å². The summed E-state index contributed by atoms with van der Waals surface area (Å²) in [6, 6.07) is 19.2. The molecule has 0 saturated heterocycles. The Morgan fingerprint density at radius 2 is 1.71 bits per heavy atom. The third-order valence-corrected chi connectivity index (χ3v) is 5.20. The number of thiazole rings is 1. The number of fused-ring (bicyclic) bond motifs is 1. The second-order valence-electron chi connectivity index (χ2n) is 6.10. The summed E-state index contributed by atoms with van der Waals surface area (Å²) in [5.41, 5.74) is 1.28. The quantitative estimate of drug-likeness (QED) is 0.444. The van der Waals surface area contributed by atoms with Crippen LogP contribution >= 0.6 is 11.3 Å². The molecular weight excluding hydrogens is 385 g/mol. The first-order valence-electron chi connectivity index (χ1n) is 8.35. The number of nitrogens with one attached hydrogen (secondary N) is 1. The molecule has 0 aliphatic heterocycles. The van der Waals surface area contributed by atoms with Crippen molar-refractivity contribution < 1.29 is 18.0 Å². The molecule has 3 aromatic carbocycles. The Bertz CT molecular complexity index is 1130. The van der Waals surface area contributed by atoms with E-state index in [1.807, 2.05) is 30.3 Å². The molecule has 4 aromatic rings. The van der Waals surface area contributed by atoms with Gasteiger partial charge in [0.05, 0.1) is 15.8 Å². The van der Waals surface area contributed by atoms with Gasteiger partial charge in [-0.2, -0.15) is 13.2 Å². The monoisotopic (exact) mass is 398 g/mol. The summed E-state index contributed by atoms with van der Waals surface area (Å²) in [4.78, 5) is 17.0. The van der Waals surface area contributed by atoms with Crippen molar-refractivity contribution in [1.82, 2.24) is 4.98 Å². The van der Waals surface area contributed by atoms with Crippen molar-refractivity contribution in [2.24, 2.45) is 0 Å². The van der Waals surface area contributed by atoms with Gasteiger partial charge in [0.15, 0.2) is 0 Å². The predicted molar refractivity (Wildman–Crippen MR) is 104 cm³/mol. The zero-order valence-corrected chi connectivity index (χ0v) is 15.1. The average molecular weight is 398 g/mol. The lowest BCUT2D eigenvalue weighted by Crippen LogP contribution is -2.13. The van der Waals surface area contributed by atoms with E-state index in [4.69, 9.17) is 0 Å². The number of anilines is 1. The lowest BCUT2D eigenvalue weighted by atomic mass is 10.1. The molecule has 0 radical (unpaired) electrons. The molecule has 0 atom stereocenters. The van der Waals surface area contributed by atoms with Gasteiger partial charge in [0.1, 0.15) is 5.01 Å². The number of para-hydroxylation sites is 1.